The lowest BCUT2D eigenvalue weighted by Gasteiger charge is -2.23. The van der Waals surface area contributed by atoms with Crippen LogP contribution in [0, 0.1) is 0 Å². The first-order valence-corrected chi connectivity index (χ1v) is 9.18. The minimum absolute atomic E-state index is 0.132. The zero-order chi connectivity index (χ0) is 19.1. The van der Waals surface area contributed by atoms with Crippen molar-refractivity contribution in [2.45, 2.75) is 11.1 Å². The third-order valence-electron chi connectivity index (χ3n) is 3.79. The lowest BCUT2D eigenvalue weighted by molar-refractivity contribution is -0.137. The summed E-state index contributed by atoms with van der Waals surface area (Å²) in [6, 6.07) is 6.93. The predicted octanol–water partition coefficient (Wildman–Crippen LogP) is 3.96. The highest BCUT2D eigenvalue weighted by Crippen LogP contribution is 2.38. The molecule has 2 aromatic rings. The molecule has 0 spiro atoms. The van der Waals surface area contributed by atoms with Gasteiger partial charge in [0.25, 0.3) is 10.0 Å². The molecule has 0 saturated heterocycles. The highest BCUT2D eigenvalue weighted by Gasteiger charge is 2.34. The fourth-order valence-electron chi connectivity index (χ4n) is 2.41. The summed E-state index contributed by atoms with van der Waals surface area (Å²) < 4.78 is 76.0. The molecule has 0 bridgehead atoms. The number of hydrogen-bond acceptors (Lipinski definition) is 4. The van der Waals surface area contributed by atoms with E-state index in [1.807, 2.05) is 0 Å². The van der Waals surface area contributed by atoms with Crippen molar-refractivity contribution in [2.75, 3.05) is 24.6 Å². The molecular weight excluding hydrogens is 395 g/mol. The molecule has 140 valence electrons. The zero-order valence-electron chi connectivity index (χ0n) is 13.4. The Labute approximate surface area is 152 Å². The van der Waals surface area contributed by atoms with Crippen LogP contribution < -0.4 is 13.8 Å². The van der Waals surface area contributed by atoms with Gasteiger partial charge in [-0.2, -0.15) is 13.2 Å². The number of fused-ring (bicyclic) bond motifs is 1. The quantitative estimate of drug-likeness (QED) is 0.773. The van der Waals surface area contributed by atoms with E-state index in [9.17, 15) is 21.6 Å². The molecule has 0 unspecified atom stereocenters. The summed E-state index contributed by atoms with van der Waals surface area (Å²) in [5.41, 5.74) is -1.28. The van der Waals surface area contributed by atoms with Gasteiger partial charge in [-0.1, -0.05) is 11.6 Å². The molecule has 0 amide bonds. The van der Waals surface area contributed by atoms with Crippen LogP contribution in [0.5, 0.6) is 11.5 Å². The van der Waals surface area contributed by atoms with Gasteiger partial charge in [0.15, 0.2) is 11.5 Å². The second kappa shape index (κ2) is 6.55. The largest absolute Gasteiger partial charge is 0.486 e. The van der Waals surface area contributed by atoms with Crippen LogP contribution in [0.3, 0.4) is 0 Å². The molecule has 0 fully saturated rings. The van der Waals surface area contributed by atoms with Crippen molar-refractivity contribution in [3.05, 3.63) is 47.0 Å². The summed E-state index contributed by atoms with van der Waals surface area (Å²) in [4.78, 5) is -0.132. The van der Waals surface area contributed by atoms with E-state index in [0.29, 0.717) is 18.4 Å². The number of benzene rings is 2. The number of ether oxygens (including phenoxy) is 2. The number of rotatable bonds is 3. The fourth-order valence-corrected chi connectivity index (χ4v) is 3.84. The van der Waals surface area contributed by atoms with Gasteiger partial charge in [0, 0.05) is 13.1 Å². The van der Waals surface area contributed by atoms with E-state index in [4.69, 9.17) is 21.1 Å². The number of anilines is 1. The van der Waals surface area contributed by atoms with Crippen LogP contribution in [0.15, 0.2) is 41.3 Å². The Morgan fingerprint density at radius 3 is 2.35 bits per heavy atom. The van der Waals surface area contributed by atoms with E-state index in [0.717, 1.165) is 17.4 Å². The summed E-state index contributed by atoms with van der Waals surface area (Å²) in [5.74, 6) is 0.668. The van der Waals surface area contributed by atoms with Gasteiger partial charge in [0.1, 0.15) is 13.2 Å². The number of halogens is 4. The van der Waals surface area contributed by atoms with E-state index in [-0.39, 0.29) is 22.9 Å². The minimum Gasteiger partial charge on any atom is -0.486 e. The van der Waals surface area contributed by atoms with E-state index in [1.54, 1.807) is 0 Å². The van der Waals surface area contributed by atoms with E-state index in [1.165, 1.54) is 24.3 Å². The van der Waals surface area contributed by atoms with Crippen molar-refractivity contribution >= 4 is 27.3 Å². The van der Waals surface area contributed by atoms with Gasteiger partial charge in [-0.05, 0) is 30.3 Å². The molecule has 5 nitrogen and oxygen atoms in total. The second-order valence-electron chi connectivity index (χ2n) is 5.44. The molecular formula is C16H13ClF3NO4S. The Bertz CT molecular complexity index is 947. The zero-order valence-corrected chi connectivity index (χ0v) is 15.0. The summed E-state index contributed by atoms with van der Waals surface area (Å²) in [5, 5.41) is -0.508. The third-order valence-corrected chi connectivity index (χ3v) is 5.90. The van der Waals surface area contributed by atoms with Crippen LogP contribution >= 0.6 is 11.6 Å². The van der Waals surface area contributed by atoms with E-state index < -0.39 is 26.8 Å². The minimum atomic E-state index is -4.70. The third kappa shape index (κ3) is 3.41. The number of sulfonamides is 1. The fraction of sp³-hybridized carbons (Fsp3) is 0.250. The molecule has 0 aliphatic carbocycles. The lowest BCUT2D eigenvalue weighted by Crippen LogP contribution is -2.27. The van der Waals surface area contributed by atoms with Crippen molar-refractivity contribution in [1.82, 2.24) is 0 Å². The standard InChI is InChI=1S/C16H13ClF3NO4S/c1-21(10-2-4-13(17)12(8-10)16(18,19)20)26(22,23)11-3-5-14-15(9-11)25-7-6-24-14/h2-5,8-9H,6-7H2,1H3. The normalized spacial score (nSPS) is 14.2. The van der Waals surface area contributed by atoms with Gasteiger partial charge in [0.05, 0.1) is 21.2 Å². The van der Waals surface area contributed by atoms with Crippen molar-refractivity contribution < 1.29 is 31.1 Å². The molecule has 1 aliphatic heterocycles. The first-order chi connectivity index (χ1) is 12.1. The van der Waals surface area contributed by atoms with Crippen molar-refractivity contribution in [2.24, 2.45) is 0 Å². The molecule has 0 radical (unpaired) electrons. The highest BCUT2D eigenvalue weighted by atomic mass is 35.5. The van der Waals surface area contributed by atoms with E-state index >= 15 is 0 Å². The molecule has 0 N–H and O–H groups in total. The predicted molar refractivity (Wildman–Crippen MR) is 89.5 cm³/mol. The Morgan fingerprint density at radius 2 is 1.69 bits per heavy atom. The summed E-state index contributed by atoms with van der Waals surface area (Å²) in [7, 11) is -2.95. The van der Waals surface area contributed by atoms with Crippen LogP contribution in [0.4, 0.5) is 18.9 Å². The van der Waals surface area contributed by atoms with Crippen LogP contribution in [-0.2, 0) is 16.2 Å². The monoisotopic (exact) mass is 407 g/mol. The van der Waals surface area contributed by atoms with Gasteiger partial charge >= 0.3 is 6.18 Å². The summed E-state index contributed by atoms with van der Waals surface area (Å²) >= 11 is 5.58. The van der Waals surface area contributed by atoms with Gasteiger partial charge in [-0.25, -0.2) is 8.42 Å². The second-order valence-corrected chi connectivity index (χ2v) is 7.82. The van der Waals surface area contributed by atoms with Crippen LogP contribution in [0.25, 0.3) is 0 Å². The molecule has 1 aliphatic rings. The van der Waals surface area contributed by atoms with Gasteiger partial charge in [-0.3, -0.25) is 4.31 Å². The van der Waals surface area contributed by atoms with Crippen LogP contribution in [0.2, 0.25) is 5.02 Å². The maximum atomic E-state index is 13.0. The Balaban J connectivity index is 2.00. The Morgan fingerprint density at radius 1 is 1.04 bits per heavy atom. The van der Waals surface area contributed by atoms with Crippen molar-refractivity contribution in [1.29, 1.82) is 0 Å². The summed E-state index contributed by atoms with van der Waals surface area (Å²) in [6.45, 7) is 0.627. The van der Waals surface area contributed by atoms with Crippen LogP contribution in [-0.4, -0.2) is 28.7 Å². The van der Waals surface area contributed by atoms with Gasteiger partial charge in [-0.15, -0.1) is 0 Å². The van der Waals surface area contributed by atoms with Crippen LogP contribution in [0.1, 0.15) is 5.56 Å². The maximum absolute atomic E-state index is 13.0. The topological polar surface area (TPSA) is 55.8 Å². The molecule has 0 atom stereocenters. The molecule has 10 heteroatoms. The van der Waals surface area contributed by atoms with Crippen molar-refractivity contribution in [3.8, 4) is 11.5 Å². The van der Waals surface area contributed by atoms with Gasteiger partial charge < -0.3 is 9.47 Å². The Kier molecular flexibility index (Phi) is 4.70. The average Bonchev–Trinajstić information content (AvgIpc) is 2.60. The van der Waals surface area contributed by atoms with Crippen molar-refractivity contribution in [3.63, 3.8) is 0 Å². The smallest absolute Gasteiger partial charge is 0.417 e. The molecule has 0 saturated carbocycles. The SMILES string of the molecule is CN(c1ccc(Cl)c(C(F)(F)F)c1)S(=O)(=O)c1ccc2c(c1)OCCO2. The summed E-state index contributed by atoms with van der Waals surface area (Å²) in [6.07, 6.45) is -4.70. The molecule has 3 rings (SSSR count). The van der Waals surface area contributed by atoms with E-state index in [2.05, 4.69) is 0 Å². The molecule has 0 aromatic heterocycles. The first-order valence-electron chi connectivity index (χ1n) is 7.36. The molecule has 26 heavy (non-hydrogen) atoms. The lowest BCUT2D eigenvalue weighted by atomic mass is 10.2. The number of alkyl halides is 3. The highest BCUT2D eigenvalue weighted by molar-refractivity contribution is 7.92. The Hall–Kier alpha value is -2.13. The average molecular weight is 408 g/mol. The van der Waals surface area contributed by atoms with Gasteiger partial charge in [0.2, 0.25) is 0 Å². The number of nitrogens with zero attached hydrogens (tertiary/aromatic N) is 1. The first kappa shape index (κ1) is 18.7. The molecule has 2 aromatic carbocycles. The maximum Gasteiger partial charge on any atom is 0.417 e. The number of hydrogen-bond donors (Lipinski definition) is 0. The molecule has 1 heterocycles.